The fourth-order valence-electron chi connectivity index (χ4n) is 4.02. The minimum Gasteiger partial charge on any atom is -0.496 e. The predicted octanol–water partition coefficient (Wildman–Crippen LogP) is 6.61. The highest BCUT2D eigenvalue weighted by Crippen LogP contribution is 2.40. The summed E-state index contributed by atoms with van der Waals surface area (Å²) < 4.78 is 12.8. The molecule has 4 amide bonds. The van der Waals surface area contributed by atoms with Gasteiger partial charge < -0.3 is 25.2 Å². The number of aliphatic hydroxyl groups is 1. The normalized spacial score (nSPS) is 10.7. The van der Waals surface area contributed by atoms with Crippen LogP contribution in [0.15, 0.2) is 54.7 Å². The Morgan fingerprint density at radius 3 is 2.51 bits per heavy atom. The van der Waals surface area contributed by atoms with Crippen LogP contribution in [0, 0.1) is 0 Å². The monoisotopic (exact) mass is 627 g/mol. The number of aromatic nitrogens is 3. The number of urea groups is 2. The lowest BCUT2D eigenvalue weighted by atomic mass is 10.2. The first-order valence-electron chi connectivity index (χ1n) is 13.3. The number of ether oxygens (including phenoxy) is 2. The number of amides is 4. The zero-order valence-electron chi connectivity index (χ0n) is 23.7. The minimum atomic E-state index is -0.576. The average Bonchev–Trinajstić information content (AvgIpc) is 3.41. The van der Waals surface area contributed by atoms with Crippen LogP contribution in [0.25, 0.3) is 5.69 Å². The highest BCUT2D eigenvalue weighted by molar-refractivity contribution is 6.45. The summed E-state index contributed by atoms with van der Waals surface area (Å²) in [6.07, 6.45) is 4.12. The van der Waals surface area contributed by atoms with Crippen LogP contribution < -0.4 is 30.7 Å². The van der Waals surface area contributed by atoms with Gasteiger partial charge in [-0.1, -0.05) is 42.6 Å². The van der Waals surface area contributed by atoms with Gasteiger partial charge in [0.2, 0.25) is 0 Å². The summed E-state index contributed by atoms with van der Waals surface area (Å²) in [6.45, 7) is 1.91. The van der Waals surface area contributed by atoms with Gasteiger partial charge in [-0.2, -0.15) is 5.10 Å². The topological polar surface area (TPSA) is 152 Å². The van der Waals surface area contributed by atoms with Crippen molar-refractivity contribution in [3.8, 4) is 22.9 Å². The second kappa shape index (κ2) is 14.6. The van der Waals surface area contributed by atoms with Crippen LogP contribution in [-0.2, 0) is 13.0 Å². The SMILES string of the molecule is CCCCc1cc(NC(=O)Nc2ccc(Oc3ccnc(NC(=O)NC)c3)c(Cl)c2Cl)n(-c2ccc(CO)c(OC)c2)n1. The lowest BCUT2D eigenvalue weighted by Crippen LogP contribution is -2.24. The van der Waals surface area contributed by atoms with Crippen LogP contribution in [0.3, 0.4) is 0 Å². The van der Waals surface area contributed by atoms with Gasteiger partial charge >= 0.3 is 12.1 Å². The molecule has 0 saturated heterocycles. The molecule has 0 saturated carbocycles. The van der Waals surface area contributed by atoms with Crippen molar-refractivity contribution >= 4 is 52.6 Å². The summed E-state index contributed by atoms with van der Waals surface area (Å²) in [5, 5.41) is 24.9. The maximum atomic E-state index is 13.1. The van der Waals surface area contributed by atoms with E-state index in [1.165, 1.54) is 26.4 Å². The highest BCUT2D eigenvalue weighted by Gasteiger charge is 2.18. The number of carbonyl (C=O) groups is 2. The van der Waals surface area contributed by atoms with Gasteiger partial charge in [-0.15, -0.1) is 0 Å². The Morgan fingerprint density at radius 1 is 0.977 bits per heavy atom. The zero-order valence-corrected chi connectivity index (χ0v) is 25.2. The van der Waals surface area contributed by atoms with Crippen LogP contribution in [-0.4, -0.2) is 46.1 Å². The molecule has 0 bridgehead atoms. The van der Waals surface area contributed by atoms with E-state index < -0.39 is 12.1 Å². The van der Waals surface area contributed by atoms with Gasteiger partial charge in [-0.25, -0.2) is 19.3 Å². The molecule has 0 atom stereocenters. The van der Waals surface area contributed by atoms with Crippen LogP contribution in [0.4, 0.5) is 26.9 Å². The first kappa shape index (κ1) is 31.4. The van der Waals surface area contributed by atoms with Crippen molar-refractivity contribution in [1.82, 2.24) is 20.1 Å². The van der Waals surface area contributed by atoms with Gasteiger partial charge in [0.25, 0.3) is 0 Å². The number of hydrogen-bond acceptors (Lipinski definition) is 7. The van der Waals surface area contributed by atoms with Crippen LogP contribution in [0.5, 0.6) is 17.2 Å². The number of nitrogens with zero attached hydrogens (tertiary/aromatic N) is 3. The fraction of sp³-hybridized carbons (Fsp3) is 0.241. The third-order valence-corrected chi connectivity index (χ3v) is 7.06. The van der Waals surface area contributed by atoms with E-state index in [4.69, 9.17) is 32.7 Å². The average molecular weight is 629 g/mol. The number of aryl methyl sites for hydroxylation is 1. The van der Waals surface area contributed by atoms with Gasteiger partial charge in [0.15, 0.2) is 0 Å². The number of aliphatic hydroxyl groups excluding tert-OH is 1. The molecule has 2 aromatic carbocycles. The van der Waals surface area contributed by atoms with Crippen LogP contribution >= 0.6 is 23.2 Å². The molecule has 0 aliphatic rings. The lowest BCUT2D eigenvalue weighted by Gasteiger charge is -2.14. The van der Waals surface area contributed by atoms with Crippen molar-refractivity contribution in [2.45, 2.75) is 32.8 Å². The summed E-state index contributed by atoms with van der Waals surface area (Å²) in [7, 11) is 3.01. The van der Waals surface area contributed by atoms with Crippen molar-refractivity contribution in [2.75, 3.05) is 30.1 Å². The summed E-state index contributed by atoms with van der Waals surface area (Å²) in [5.74, 6) is 1.77. The van der Waals surface area contributed by atoms with E-state index in [0.29, 0.717) is 28.6 Å². The molecule has 0 aliphatic carbocycles. The number of carbonyl (C=O) groups excluding carboxylic acids is 2. The second-order valence-electron chi connectivity index (χ2n) is 9.19. The minimum absolute atomic E-state index is 0.0635. The number of unbranched alkanes of at least 4 members (excludes halogenated alkanes) is 1. The van der Waals surface area contributed by atoms with Crippen LogP contribution in [0.2, 0.25) is 10.0 Å². The number of pyridine rings is 1. The quantitative estimate of drug-likeness (QED) is 0.125. The Morgan fingerprint density at radius 2 is 1.79 bits per heavy atom. The van der Waals surface area contributed by atoms with E-state index in [-0.39, 0.29) is 33.9 Å². The van der Waals surface area contributed by atoms with E-state index in [2.05, 4.69) is 38.3 Å². The Kier molecular flexibility index (Phi) is 10.7. The fourth-order valence-corrected chi connectivity index (χ4v) is 4.42. The first-order chi connectivity index (χ1) is 20.8. The molecule has 0 spiro atoms. The van der Waals surface area contributed by atoms with Gasteiger partial charge in [0, 0.05) is 37.0 Å². The van der Waals surface area contributed by atoms with Crippen molar-refractivity contribution in [2.24, 2.45) is 0 Å². The van der Waals surface area contributed by atoms with Gasteiger partial charge in [0.1, 0.15) is 33.9 Å². The van der Waals surface area contributed by atoms with Crippen molar-refractivity contribution in [3.63, 3.8) is 0 Å². The molecule has 0 unspecified atom stereocenters. The molecule has 2 heterocycles. The zero-order chi connectivity index (χ0) is 30.9. The molecule has 0 aliphatic heterocycles. The summed E-state index contributed by atoms with van der Waals surface area (Å²) >= 11 is 13.0. The van der Waals surface area contributed by atoms with Crippen LogP contribution in [0.1, 0.15) is 31.0 Å². The van der Waals surface area contributed by atoms with E-state index in [1.54, 1.807) is 47.1 Å². The molecular weight excluding hydrogens is 597 g/mol. The van der Waals surface area contributed by atoms with E-state index in [9.17, 15) is 14.7 Å². The van der Waals surface area contributed by atoms with Gasteiger partial charge in [-0.3, -0.25) is 10.6 Å². The van der Waals surface area contributed by atoms with Crippen molar-refractivity contribution in [1.29, 1.82) is 0 Å². The number of hydrogen-bond donors (Lipinski definition) is 5. The number of anilines is 3. The number of methoxy groups -OCH3 is 1. The largest absolute Gasteiger partial charge is 0.496 e. The Hall–Kier alpha value is -4.52. The van der Waals surface area contributed by atoms with E-state index in [0.717, 1.165) is 25.0 Å². The Labute approximate surface area is 258 Å². The maximum Gasteiger partial charge on any atom is 0.324 e. The Balaban J connectivity index is 1.52. The number of rotatable bonds is 11. The van der Waals surface area contributed by atoms with Crippen molar-refractivity contribution < 1.29 is 24.2 Å². The van der Waals surface area contributed by atoms with E-state index in [1.807, 2.05) is 0 Å². The number of nitrogens with one attached hydrogen (secondary N) is 4. The molecule has 2 aromatic heterocycles. The van der Waals surface area contributed by atoms with Gasteiger partial charge in [0.05, 0.1) is 35.8 Å². The molecule has 12 nitrogen and oxygen atoms in total. The standard InChI is InChI=1S/C29H31Cl2N7O5/c1-4-5-6-18-13-25(38(37-18)19-8-7-17(16-39)23(14-19)42-3)36-29(41)34-21-9-10-22(27(31)26(21)30)43-20-11-12-33-24(15-20)35-28(40)32-2/h7-15,39H,4-6,16H2,1-3H3,(H2,34,36,41)(H2,32,33,35,40). The molecule has 14 heteroatoms. The molecule has 5 N–H and O–H groups in total. The lowest BCUT2D eigenvalue weighted by molar-refractivity contribution is 0.253. The number of halogens is 2. The summed E-state index contributed by atoms with van der Waals surface area (Å²) in [5.41, 5.74) is 2.31. The van der Waals surface area contributed by atoms with Gasteiger partial charge in [-0.05, 0) is 37.1 Å². The molecule has 43 heavy (non-hydrogen) atoms. The molecular formula is C29H31Cl2N7O5. The molecule has 4 aromatic rings. The molecule has 4 rings (SSSR count). The second-order valence-corrected chi connectivity index (χ2v) is 9.95. The summed E-state index contributed by atoms with van der Waals surface area (Å²) in [6, 6.07) is 12.3. The first-order valence-corrected chi connectivity index (χ1v) is 14.1. The van der Waals surface area contributed by atoms with E-state index >= 15 is 0 Å². The molecule has 226 valence electrons. The van der Waals surface area contributed by atoms with Crippen molar-refractivity contribution in [3.05, 3.63) is 76.0 Å². The summed E-state index contributed by atoms with van der Waals surface area (Å²) in [4.78, 5) is 28.7. The third kappa shape index (κ3) is 7.86. The Bertz CT molecular complexity index is 1610. The predicted molar refractivity (Wildman–Crippen MR) is 166 cm³/mol. The highest BCUT2D eigenvalue weighted by atomic mass is 35.5. The molecule has 0 radical (unpaired) electrons. The smallest absolute Gasteiger partial charge is 0.324 e. The molecule has 0 fully saturated rings. The number of benzene rings is 2. The maximum absolute atomic E-state index is 13.1. The third-order valence-electron chi connectivity index (χ3n) is 6.20.